The number of hydrogen-bond donors (Lipinski definition) is 0. The summed E-state index contributed by atoms with van der Waals surface area (Å²) in [6.07, 6.45) is 6.52. The molecule has 0 bridgehead atoms. The third kappa shape index (κ3) is 3.86. The molecule has 4 nitrogen and oxygen atoms in total. The molecule has 0 amide bonds. The van der Waals surface area contributed by atoms with Crippen molar-refractivity contribution in [1.82, 2.24) is 19.7 Å². The maximum absolute atomic E-state index is 5.01. The Balaban J connectivity index is 1.50. The van der Waals surface area contributed by atoms with Gasteiger partial charge in [-0.15, -0.1) is 0 Å². The lowest BCUT2D eigenvalue weighted by molar-refractivity contribution is 0.198. The molecule has 0 spiro atoms. The summed E-state index contributed by atoms with van der Waals surface area (Å²) in [7, 11) is 1.98. The van der Waals surface area contributed by atoms with Crippen LogP contribution in [0.25, 0.3) is 11.3 Å². The summed E-state index contributed by atoms with van der Waals surface area (Å²) < 4.78 is 1.88. The lowest BCUT2D eigenvalue weighted by Gasteiger charge is -2.32. The van der Waals surface area contributed by atoms with E-state index in [0.717, 1.165) is 25.3 Å². The van der Waals surface area contributed by atoms with Crippen molar-refractivity contribution in [1.29, 1.82) is 0 Å². The summed E-state index contributed by atoms with van der Waals surface area (Å²) in [6, 6.07) is 15.1. The highest BCUT2D eigenvalue weighted by atomic mass is 15.2. The van der Waals surface area contributed by atoms with Gasteiger partial charge in [0.2, 0.25) is 0 Å². The molecular weight excluding hydrogens is 320 g/mol. The van der Waals surface area contributed by atoms with Gasteiger partial charge in [0, 0.05) is 49.1 Å². The van der Waals surface area contributed by atoms with Gasteiger partial charge in [-0.1, -0.05) is 29.8 Å². The molecular formula is C22H26N4. The Morgan fingerprint density at radius 2 is 2.04 bits per heavy atom. The van der Waals surface area contributed by atoms with Crippen molar-refractivity contribution in [3.05, 3.63) is 71.7 Å². The van der Waals surface area contributed by atoms with E-state index in [4.69, 9.17) is 4.98 Å². The quantitative estimate of drug-likeness (QED) is 0.711. The van der Waals surface area contributed by atoms with Gasteiger partial charge in [-0.3, -0.25) is 14.6 Å². The normalized spacial score (nSPS) is 18.2. The maximum Gasteiger partial charge on any atom is 0.0705 e. The van der Waals surface area contributed by atoms with E-state index in [1.165, 1.54) is 35.2 Å². The topological polar surface area (TPSA) is 34.0 Å². The number of likely N-dealkylation sites (tertiary alicyclic amines) is 1. The highest BCUT2D eigenvalue weighted by Gasteiger charge is 2.23. The van der Waals surface area contributed by atoms with E-state index in [9.17, 15) is 0 Å². The van der Waals surface area contributed by atoms with Crippen molar-refractivity contribution in [2.75, 3.05) is 13.1 Å². The highest BCUT2D eigenvalue weighted by Crippen LogP contribution is 2.28. The summed E-state index contributed by atoms with van der Waals surface area (Å²) in [6.45, 7) is 5.33. The third-order valence-electron chi connectivity index (χ3n) is 5.17. The Labute approximate surface area is 155 Å². The Kier molecular flexibility index (Phi) is 4.85. The van der Waals surface area contributed by atoms with Gasteiger partial charge in [0.05, 0.1) is 11.9 Å². The number of nitrogens with zero attached hydrogens (tertiary/aromatic N) is 4. The number of piperidine rings is 1. The number of rotatable bonds is 4. The molecule has 1 atom stereocenters. The summed E-state index contributed by atoms with van der Waals surface area (Å²) in [5.74, 6) is 0.505. The van der Waals surface area contributed by atoms with E-state index in [1.807, 2.05) is 17.9 Å². The fraction of sp³-hybridized carbons (Fsp3) is 0.364. The summed E-state index contributed by atoms with van der Waals surface area (Å²) in [4.78, 5) is 7.54. The molecule has 1 saturated heterocycles. The van der Waals surface area contributed by atoms with Crippen molar-refractivity contribution in [3.8, 4) is 11.3 Å². The zero-order valence-electron chi connectivity index (χ0n) is 15.6. The lowest BCUT2D eigenvalue weighted by atomic mass is 9.93. The van der Waals surface area contributed by atoms with Crippen molar-refractivity contribution in [2.45, 2.75) is 32.2 Å². The smallest absolute Gasteiger partial charge is 0.0705 e. The molecule has 1 aliphatic heterocycles. The third-order valence-corrected chi connectivity index (χ3v) is 5.17. The molecule has 4 heteroatoms. The molecule has 1 unspecified atom stereocenters. The van der Waals surface area contributed by atoms with Gasteiger partial charge in [-0.25, -0.2) is 0 Å². The monoisotopic (exact) mass is 346 g/mol. The van der Waals surface area contributed by atoms with E-state index in [-0.39, 0.29) is 0 Å². The van der Waals surface area contributed by atoms with Crippen LogP contribution in [0.5, 0.6) is 0 Å². The standard InChI is InChI=1S/C22H26N4/c1-17-6-3-7-19(12-17)21-9-4-10-22(24-21)20-8-5-11-26(16-20)15-18-13-23-25(2)14-18/h3-4,6-7,9-10,12-14,20H,5,8,11,15-16H2,1-2H3. The molecule has 134 valence electrons. The van der Waals surface area contributed by atoms with Gasteiger partial charge in [0.25, 0.3) is 0 Å². The van der Waals surface area contributed by atoms with Crippen molar-refractivity contribution < 1.29 is 0 Å². The van der Waals surface area contributed by atoms with Gasteiger partial charge in [-0.2, -0.15) is 5.10 Å². The van der Waals surface area contributed by atoms with Crippen LogP contribution in [0.3, 0.4) is 0 Å². The SMILES string of the molecule is Cc1cccc(-c2cccc(C3CCCN(Cc4cnn(C)c4)C3)n2)c1. The molecule has 0 radical (unpaired) electrons. The average Bonchev–Trinajstić information content (AvgIpc) is 3.07. The Bertz CT molecular complexity index is 883. The number of aryl methyl sites for hydroxylation is 2. The zero-order valence-corrected chi connectivity index (χ0v) is 15.6. The lowest BCUT2D eigenvalue weighted by Crippen LogP contribution is -2.34. The summed E-state index contributed by atoms with van der Waals surface area (Å²) in [5.41, 5.74) is 6.06. The molecule has 3 aromatic rings. The van der Waals surface area contributed by atoms with E-state index in [0.29, 0.717) is 5.92 Å². The summed E-state index contributed by atoms with van der Waals surface area (Å²) >= 11 is 0. The molecule has 1 fully saturated rings. The first kappa shape index (κ1) is 17.0. The van der Waals surface area contributed by atoms with Crippen LogP contribution in [-0.4, -0.2) is 32.8 Å². The minimum Gasteiger partial charge on any atom is -0.298 e. The molecule has 0 N–H and O–H groups in total. The molecule has 26 heavy (non-hydrogen) atoms. The molecule has 2 aromatic heterocycles. The highest BCUT2D eigenvalue weighted by molar-refractivity contribution is 5.60. The molecule has 0 aliphatic carbocycles. The van der Waals surface area contributed by atoms with Gasteiger partial charge in [0.15, 0.2) is 0 Å². The van der Waals surface area contributed by atoms with E-state index in [2.05, 4.69) is 65.6 Å². The van der Waals surface area contributed by atoms with Crippen molar-refractivity contribution >= 4 is 0 Å². The maximum atomic E-state index is 5.01. The minimum atomic E-state index is 0.505. The summed E-state index contributed by atoms with van der Waals surface area (Å²) in [5, 5.41) is 4.29. The number of hydrogen-bond acceptors (Lipinski definition) is 3. The Morgan fingerprint density at radius 3 is 2.85 bits per heavy atom. The van der Waals surface area contributed by atoms with Crippen molar-refractivity contribution in [3.63, 3.8) is 0 Å². The number of benzene rings is 1. The fourth-order valence-electron chi connectivity index (χ4n) is 3.90. The first-order chi connectivity index (χ1) is 12.7. The van der Waals surface area contributed by atoms with Gasteiger partial charge >= 0.3 is 0 Å². The largest absolute Gasteiger partial charge is 0.298 e. The van der Waals surface area contributed by atoms with E-state index in [1.54, 1.807) is 0 Å². The zero-order chi connectivity index (χ0) is 17.9. The molecule has 1 aliphatic rings. The van der Waals surface area contributed by atoms with Crippen LogP contribution in [0.1, 0.15) is 35.6 Å². The second-order valence-corrected chi connectivity index (χ2v) is 7.41. The molecule has 3 heterocycles. The fourth-order valence-corrected chi connectivity index (χ4v) is 3.90. The minimum absolute atomic E-state index is 0.505. The van der Waals surface area contributed by atoms with Crippen LogP contribution < -0.4 is 0 Å². The number of aromatic nitrogens is 3. The number of pyridine rings is 1. The molecule has 0 saturated carbocycles. The first-order valence-corrected chi connectivity index (χ1v) is 9.41. The van der Waals surface area contributed by atoms with Crippen LogP contribution in [0.2, 0.25) is 0 Å². The van der Waals surface area contributed by atoms with Gasteiger partial charge in [-0.05, 0) is 44.5 Å². The Morgan fingerprint density at radius 1 is 1.15 bits per heavy atom. The predicted molar refractivity (Wildman–Crippen MR) is 105 cm³/mol. The van der Waals surface area contributed by atoms with Crippen LogP contribution in [0, 0.1) is 6.92 Å². The van der Waals surface area contributed by atoms with Gasteiger partial charge in [0.1, 0.15) is 0 Å². The molecule has 1 aromatic carbocycles. The predicted octanol–water partition coefficient (Wildman–Crippen LogP) is 4.17. The second-order valence-electron chi connectivity index (χ2n) is 7.41. The Hall–Kier alpha value is -2.46. The van der Waals surface area contributed by atoms with E-state index >= 15 is 0 Å². The first-order valence-electron chi connectivity index (χ1n) is 9.41. The van der Waals surface area contributed by atoms with Crippen molar-refractivity contribution in [2.24, 2.45) is 7.05 Å². The van der Waals surface area contributed by atoms with Crippen LogP contribution >= 0.6 is 0 Å². The van der Waals surface area contributed by atoms with Crippen LogP contribution in [0.4, 0.5) is 0 Å². The van der Waals surface area contributed by atoms with Crippen LogP contribution in [-0.2, 0) is 13.6 Å². The van der Waals surface area contributed by atoms with Crippen LogP contribution in [0.15, 0.2) is 54.9 Å². The average molecular weight is 346 g/mol. The van der Waals surface area contributed by atoms with Gasteiger partial charge < -0.3 is 0 Å². The molecule has 4 rings (SSSR count). The second kappa shape index (κ2) is 7.42. The van der Waals surface area contributed by atoms with E-state index < -0.39 is 0 Å².